The van der Waals surface area contributed by atoms with Gasteiger partial charge in [0.1, 0.15) is 5.75 Å². The smallest absolute Gasteiger partial charge is 0.339 e. The highest BCUT2D eigenvalue weighted by molar-refractivity contribution is 6.04. The lowest BCUT2D eigenvalue weighted by molar-refractivity contribution is 0.0458. The highest BCUT2D eigenvalue weighted by Crippen LogP contribution is 2.27. The van der Waals surface area contributed by atoms with E-state index in [2.05, 4.69) is 22.4 Å². The van der Waals surface area contributed by atoms with Gasteiger partial charge in [-0.1, -0.05) is 31.5 Å². The van der Waals surface area contributed by atoms with Crippen LogP contribution in [0.4, 0.5) is 0 Å². The second-order valence-electron chi connectivity index (χ2n) is 7.05. The van der Waals surface area contributed by atoms with E-state index < -0.39 is 5.97 Å². The Morgan fingerprint density at radius 2 is 1.90 bits per heavy atom. The number of benzene rings is 2. The standard InChI is InChI=1S/C23H23N5O3/c1-3-4-13-28-22(25-26-27-28)15-31-23(29)19-14-21(16-9-11-17(30-2)12-10-16)24-20-8-6-5-7-18(19)20/h5-12,14H,3-4,13,15H2,1-2H3. The van der Waals surface area contributed by atoms with Gasteiger partial charge in [0.05, 0.1) is 23.9 Å². The molecule has 31 heavy (non-hydrogen) atoms. The first-order valence-corrected chi connectivity index (χ1v) is 10.2. The molecule has 0 aliphatic carbocycles. The Balaban J connectivity index is 1.62. The van der Waals surface area contributed by atoms with E-state index in [1.165, 1.54) is 0 Å². The van der Waals surface area contributed by atoms with E-state index in [1.807, 2.05) is 48.5 Å². The van der Waals surface area contributed by atoms with Crippen LogP contribution in [0.3, 0.4) is 0 Å². The summed E-state index contributed by atoms with van der Waals surface area (Å²) in [7, 11) is 1.62. The van der Waals surface area contributed by atoms with Crippen molar-refractivity contribution in [1.82, 2.24) is 25.2 Å². The number of aryl methyl sites for hydroxylation is 1. The zero-order valence-electron chi connectivity index (χ0n) is 17.5. The number of carbonyl (C=O) groups excluding carboxylic acids is 1. The highest BCUT2D eigenvalue weighted by atomic mass is 16.5. The number of hydrogen-bond acceptors (Lipinski definition) is 7. The topological polar surface area (TPSA) is 92.0 Å². The van der Waals surface area contributed by atoms with Crippen molar-refractivity contribution in [3.63, 3.8) is 0 Å². The predicted molar refractivity (Wildman–Crippen MR) is 116 cm³/mol. The minimum Gasteiger partial charge on any atom is -0.497 e. The Morgan fingerprint density at radius 1 is 1.10 bits per heavy atom. The van der Waals surface area contributed by atoms with Crippen molar-refractivity contribution >= 4 is 16.9 Å². The van der Waals surface area contributed by atoms with Crippen LogP contribution in [0.5, 0.6) is 5.75 Å². The number of pyridine rings is 1. The van der Waals surface area contributed by atoms with Crippen LogP contribution in [0, 0.1) is 0 Å². The first-order valence-electron chi connectivity index (χ1n) is 10.2. The van der Waals surface area contributed by atoms with Crippen molar-refractivity contribution in [2.24, 2.45) is 0 Å². The molecule has 0 aliphatic heterocycles. The number of carbonyl (C=O) groups is 1. The average Bonchev–Trinajstić information content (AvgIpc) is 3.27. The van der Waals surface area contributed by atoms with E-state index in [1.54, 1.807) is 17.9 Å². The van der Waals surface area contributed by atoms with Gasteiger partial charge in [0.25, 0.3) is 0 Å². The minimum absolute atomic E-state index is 0.00403. The van der Waals surface area contributed by atoms with Crippen LogP contribution in [0.15, 0.2) is 54.6 Å². The highest BCUT2D eigenvalue weighted by Gasteiger charge is 2.17. The minimum atomic E-state index is -0.446. The largest absolute Gasteiger partial charge is 0.497 e. The number of methoxy groups -OCH3 is 1. The van der Waals surface area contributed by atoms with Gasteiger partial charge in [-0.05, 0) is 53.2 Å². The van der Waals surface area contributed by atoms with Gasteiger partial charge in [-0.25, -0.2) is 14.5 Å². The van der Waals surface area contributed by atoms with Crippen molar-refractivity contribution in [3.8, 4) is 17.0 Å². The summed E-state index contributed by atoms with van der Waals surface area (Å²) in [6.07, 6.45) is 1.97. The molecule has 8 nitrogen and oxygen atoms in total. The molecule has 4 rings (SSSR count). The number of fused-ring (bicyclic) bond motifs is 1. The van der Waals surface area contributed by atoms with Gasteiger partial charge in [-0.3, -0.25) is 0 Å². The molecule has 0 saturated heterocycles. The monoisotopic (exact) mass is 417 g/mol. The fraction of sp³-hybridized carbons (Fsp3) is 0.261. The summed E-state index contributed by atoms with van der Waals surface area (Å²) in [4.78, 5) is 17.7. The molecule has 0 bridgehead atoms. The van der Waals surface area contributed by atoms with Crippen LogP contribution in [-0.4, -0.2) is 38.3 Å². The Hall–Kier alpha value is -3.81. The van der Waals surface area contributed by atoms with E-state index >= 15 is 0 Å². The molecule has 0 N–H and O–H groups in total. The van der Waals surface area contributed by atoms with Crippen LogP contribution < -0.4 is 4.74 Å². The van der Waals surface area contributed by atoms with Gasteiger partial charge in [0.15, 0.2) is 12.4 Å². The fourth-order valence-electron chi connectivity index (χ4n) is 3.27. The molecule has 0 amide bonds. The molecule has 0 spiro atoms. The predicted octanol–water partition coefficient (Wildman–Crippen LogP) is 4.05. The zero-order valence-corrected chi connectivity index (χ0v) is 17.5. The average molecular weight is 417 g/mol. The maximum atomic E-state index is 13.0. The molecule has 0 radical (unpaired) electrons. The van der Waals surface area contributed by atoms with Crippen LogP contribution in [0.2, 0.25) is 0 Å². The summed E-state index contributed by atoms with van der Waals surface area (Å²) in [5.74, 6) is 0.832. The SMILES string of the molecule is CCCCn1nnnc1COC(=O)c1cc(-c2ccc(OC)cc2)nc2ccccc12. The van der Waals surface area contributed by atoms with Gasteiger partial charge < -0.3 is 9.47 Å². The van der Waals surface area contributed by atoms with Crippen molar-refractivity contribution in [2.45, 2.75) is 32.9 Å². The van der Waals surface area contributed by atoms with E-state index in [0.717, 1.165) is 35.1 Å². The van der Waals surface area contributed by atoms with Crippen LogP contribution in [0.1, 0.15) is 35.9 Å². The number of ether oxygens (including phenoxy) is 2. The second-order valence-corrected chi connectivity index (χ2v) is 7.05. The van der Waals surface area contributed by atoms with E-state index in [-0.39, 0.29) is 6.61 Å². The number of rotatable bonds is 8. The number of unbranched alkanes of at least 4 members (excludes halogenated alkanes) is 1. The third kappa shape index (κ3) is 4.53. The summed E-state index contributed by atoms with van der Waals surface area (Å²) in [5.41, 5.74) is 2.73. The first-order chi connectivity index (χ1) is 15.2. The zero-order chi connectivity index (χ0) is 21.6. The Labute approximate surface area is 179 Å². The number of esters is 1. The summed E-state index contributed by atoms with van der Waals surface area (Å²) < 4.78 is 12.5. The van der Waals surface area contributed by atoms with Gasteiger partial charge in [0, 0.05) is 17.5 Å². The molecule has 2 heterocycles. The lowest BCUT2D eigenvalue weighted by Gasteiger charge is -2.10. The van der Waals surface area contributed by atoms with E-state index in [4.69, 9.17) is 14.5 Å². The molecule has 158 valence electrons. The quantitative estimate of drug-likeness (QED) is 0.399. The van der Waals surface area contributed by atoms with Crippen LogP contribution in [0.25, 0.3) is 22.2 Å². The molecular weight excluding hydrogens is 394 g/mol. The lowest BCUT2D eigenvalue weighted by atomic mass is 10.0. The third-order valence-corrected chi connectivity index (χ3v) is 4.98. The van der Waals surface area contributed by atoms with Crippen molar-refractivity contribution < 1.29 is 14.3 Å². The van der Waals surface area contributed by atoms with Crippen LogP contribution in [-0.2, 0) is 17.9 Å². The molecule has 0 aliphatic rings. The Bertz CT molecular complexity index is 1190. The molecule has 0 unspecified atom stereocenters. The number of para-hydroxylation sites is 1. The van der Waals surface area contributed by atoms with E-state index in [9.17, 15) is 4.79 Å². The first kappa shape index (κ1) is 20.5. The molecule has 8 heteroatoms. The molecule has 2 aromatic heterocycles. The summed E-state index contributed by atoms with van der Waals surface area (Å²) in [6.45, 7) is 2.79. The molecule has 0 atom stereocenters. The van der Waals surface area contributed by atoms with Gasteiger partial charge in [-0.15, -0.1) is 5.10 Å². The second kappa shape index (κ2) is 9.34. The van der Waals surface area contributed by atoms with Gasteiger partial charge >= 0.3 is 5.97 Å². The number of aromatic nitrogens is 5. The molecular formula is C23H23N5O3. The normalized spacial score (nSPS) is 10.9. The molecule has 4 aromatic rings. The lowest BCUT2D eigenvalue weighted by Crippen LogP contribution is -2.12. The molecule has 2 aromatic carbocycles. The summed E-state index contributed by atoms with van der Waals surface area (Å²) >= 11 is 0. The Morgan fingerprint density at radius 3 is 2.68 bits per heavy atom. The molecule has 0 fully saturated rings. The Kier molecular flexibility index (Phi) is 6.16. The number of nitrogens with zero attached hydrogens (tertiary/aromatic N) is 5. The maximum Gasteiger partial charge on any atom is 0.339 e. The third-order valence-electron chi connectivity index (χ3n) is 4.98. The number of hydrogen-bond donors (Lipinski definition) is 0. The van der Waals surface area contributed by atoms with Crippen molar-refractivity contribution in [3.05, 3.63) is 66.0 Å². The fourth-order valence-corrected chi connectivity index (χ4v) is 3.27. The molecule has 0 saturated carbocycles. The summed E-state index contributed by atoms with van der Waals surface area (Å²) in [5, 5.41) is 12.4. The van der Waals surface area contributed by atoms with E-state index in [0.29, 0.717) is 23.6 Å². The number of tetrazole rings is 1. The van der Waals surface area contributed by atoms with Crippen molar-refractivity contribution in [1.29, 1.82) is 0 Å². The summed E-state index contributed by atoms with van der Waals surface area (Å²) in [6, 6.07) is 16.8. The maximum absolute atomic E-state index is 13.0. The van der Waals surface area contributed by atoms with Gasteiger partial charge in [0.2, 0.25) is 0 Å². The van der Waals surface area contributed by atoms with Gasteiger partial charge in [-0.2, -0.15) is 0 Å². The van der Waals surface area contributed by atoms with Crippen LogP contribution >= 0.6 is 0 Å². The van der Waals surface area contributed by atoms with Crippen molar-refractivity contribution in [2.75, 3.05) is 7.11 Å².